The van der Waals surface area contributed by atoms with Crippen molar-refractivity contribution in [3.05, 3.63) is 59.4 Å². The van der Waals surface area contributed by atoms with Gasteiger partial charge in [-0.2, -0.15) is 5.10 Å². The molecule has 5 heteroatoms. The molecular formula is C14H13N3O2. The number of aromatic hydroxyl groups is 1. The summed E-state index contributed by atoms with van der Waals surface area (Å²) in [5, 5.41) is 13.4. The van der Waals surface area contributed by atoms with E-state index in [4.69, 9.17) is 0 Å². The fraction of sp³-hybridized carbons (Fsp3) is 0.0714. The summed E-state index contributed by atoms with van der Waals surface area (Å²) < 4.78 is 0. The molecule has 0 fully saturated rings. The SMILES string of the molecule is Cc1ccc(O)c(/C=N\NC(=O)c2cccnc2)c1. The van der Waals surface area contributed by atoms with Gasteiger partial charge in [0.1, 0.15) is 5.75 Å². The molecule has 0 saturated carbocycles. The minimum Gasteiger partial charge on any atom is -0.507 e. The van der Waals surface area contributed by atoms with Crippen LogP contribution in [0.5, 0.6) is 5.75 Å². The van der Waals surface area contributed by atoms with E-state index in [-0.39, 0.29) is 11.7 Å². The van der Waals surface area contributed by atoms with E-state index in [0.717, 1.165) is 5.56 Å². The molecule has 0 bridgehead atoms. The Morgan fingerprint density at radius 1 is 1.42 bits per heavy atom. The summed E-state index contributed by atoms with van der Waals surface area (Å²) >= 11 is 0. The summed E-state index contributed by atoms with van der Waals surface area (Å²) in [7, 11) is 0. The Labute approximate surface area is 110 Å². The number of carbonyl (C=O) groups is 1. The number of aryl methyl sites for hydroxylation is 1. The average Bonchev–Trinajstić information content (AvgIpc) is 2.43. The molecule has 5 nitrogen and oxygen atoms in total. The predicted molar refractivity (Wildman–Crippen MR) is 72.1 cm³/mol. The predicted octanol–water partition coefficient (Wildman–Crippen LogP) is 1.86. The van der Waals surface area contributed by atoms with Crippen LogP contribution in [0.25, 0.3) is 0 Å². The van der Waals surface area contributed by atoms with E-state index in [2.05, 4.69) is 15.5 Å². The van der Waals surface area contributed by atoms with Crippen LogP contribution >= 0.6 is 0 Å². The van der Waals surface area contributed by atoms with E-state index in [0.29, 0.717) is 11.1 Å². The molecule has 1 aromatic carbocycles. The summed E-state index contributed by atoms with van der Waals surface area (Å²) in [5.74, 6) is -0.235. The lowest BCUT2D eigenvalue weighted by atomic mass is 10.1. The Hall–Kier alpha value is -2.69. The van der Waals surface area contributed by atoms with Crippen molar-refractivity contribution in [3.8, 4) is 5.75 Å². The van der Waals surface area contributed by atoms with Crippen LogP contribution < -0.4 is 5.43 Å². The fourth-order valence-electron chi connectivity index (χ4n) is 1.50. The van der Waals surface area contributed by atoms with Crippen LogP contribution in [0.1, 0.15) is 21.5 Å². The molecule has 1 heterocycles. The van der Waals surface area contributed by atoms with Gasteiger partial charge in [-0.25, -0.2) is 5.43 Å². The van der Waals surface area contributed by atoms with Crippen molar-refractivity contribution in [2.45, 2.75) is 6.92 Å². The summed E-state index contributed by atoms with van der Waals surface area (Å²) in [4.78, 5) is 15.5. The maximum Gasteiger partial charge on any atom is 0.272 e. The Bertz CT molecular complexity index is 609. The van der Waals surface area contributed by atoms with Gasteiger partial charge in [-0.15, -0.1) is 0 Å². The highest BCUT2D eigenvalue weighted by atomic mass is 16.3. The van der Waals surface area contributed by atoms with Gasteiger partial charge in [0.2, 0.25) is 0 Å². The van der Waals surface area contributed by atoms with Crippen molar-refractivity contribution in [1.29, 1.82) is 0 Å². The molecule has 19 heavy (non-hydrogen) atoms. The van der Waals surface area contributed by atoms with Crippen LogP contribution in [-0.2, 0) is 0 Å². The van der Waals surface area contributed by atoms with Gasteiger partial charge in [0, 0.05) is 18.0 Å². The van der Waals surface area contributed by atoms with E-state index >= 15 is 0 Å². The molecule has 0 atom stereocenters. The van der Waals surface area contributed by atoms with Gasteiger partial charge < -0.3 is 5.11 Å². The second-order valence-electron chi connectivity index (χ2n) is 4.00. The number of hydrogen-bond acceptors (Lipinski definition) is 4. The standard InChI is InChI=1S/C14H13N3O2/c1-10-4-5-13(18)12(7-10)9-16-17-14(19)11-3-2-6-15-8-11/h2-9,18H,1H3,(H,17,19)/b16-9-. The smallest absolute Gasteiger partial charge is 0.272 e. The molecule has 0 radical (unpaired) electrons. The van der Waals surface area contributed by atoms with E-state index in [9.17, 15) is 9.90 Å². The van der Waals surface area contributed by atoms with Gasteiger partial charge in [-0.1, -0.05) is 11.6 Å². The third-order valence-electron chi connectivity index (χ3n) is 2.48. The molecule has 0 saturated heterocycles. The first-order chi connectivity index (χ1) is 9.16. The van der Waals surface area contributed by atoms with Crippen molar-refractivity contribution >= 4 is 12.1 Å². The summed E-state index contributed by atoms with van der Waals surface area (Å²) in [6.45, 7) is 1.91. The maximum atomic E-state index is 11.7. The van der Waals surface area contributed by atoms with Crippen LogP contribution in [0.4, 0.5) is 0 Å². The quantitative estimate of drug-likeness (QED) is 0.649. The molecule has 0 unspecified atom stereocenters. The van der Waals surface area contributed by atoms with Gasteiger partial charge in [-0.05, 0) is 31.2 Å². The van der Waals surface area contributed by atoms with Crippen molar-refractivity contribution in [2.75, 3.05) is 0 Å². The number of phenols is 1. The number of amides is 1. The van der Waals surface area contributed by atoms with Crippen LogP contribution in [0.2, 0.25) is 0 Å². The van der Waals surface area contributed by atoms with Gasteiger partial charge in [0.05, 0.1) is 11.8 Å². The highest BCUT2D eigenvalue weighted by molar-refractivity contribution is 5.94. The Morgan fingerprint density at radius 2 is 2.26 bits per heavy atom. The Kier molecular flexibility index (Phi) is 3.87. The minimum atomic E-state index is -0.350. The first-order valence-electron chi connectivity index (χ1n) is 5.70. The molecular weight excluding hydrogens is 242 g/mol. The number of nitrogens with zero attached hydrogens (tertiary/aromatic N) is 2. The van der Waals surface area contributed by atoms with E-state index in [1.165, 1.54) is 12.4 Å². The number of carbonyl (C=O) groups excluding carboxylic acids is 1. The highest BCUT2D eigenvalue weighted by Crippen LogP contribution is 2.15. The molecule has 0 aliphatic rings. The van der Waals surface area contributed by atoms with Gasteiger partial charge in [-0.3, -0.25) is 9.78 Å². The molecule has 96 valence electrons. The third-order valence-corrected chi connectivity index (χ3v) is 2.48. The molecule has 0 aliphatic carbocycles. The van der Waals surface area contributed by atoms with E-state index in [1.807, 2.05) is 6.92 Å². The van der Waals surface area contributed by atoms with Gasteiger partial charge in [0.15, 0.2) is 0 Å². The number of benzene rings is 1. The summed E-state index contributed by atoms with van der Waals surface area (Å²) in [6, 6.07) is 8.46. The first kappa shape index (κ1) is 12.8. The molecule has 1 aromatic heterocycles. The molecule has 1 amide bonds. The number of nitrogens with one attached hydrogen (secondary N) is 1. The van der Waals surface area contributed by atoms with Crippen LogP contribution in [0.3, 0.4) is 0 Å². The van der Waals surface area contributed by atoms with Crippen LogP contribution in [-0.4, -0.2) is 22.2 Å². The lowest BCUT2D eigenvalue weighted by molar-refractivity contribution is 0.0954. The van der Waals surface area contributed by atoms with E-state index < -0.39 is 0 Å². The number of hydrazone groups is 1. The normalized spacial score (nSPS) is 10.6. The van der Waals surface area contributed by atoms with E-state index in [1.54, 1.807) is 36.5 Å². The fourth-order valence-corrected chi connectivity index (χ4v) is 1.50. The topological polar surface area (TPSA) is 74.6 Å². The van der Waals surface area contributed by atoms with Gasteiger partial charge in [0.25, 0.3) is 5.91 Å². The number of pyridine rings is 1. The largest absolute Gasteiger partial charge is 0.507 e. The van der Waals surface area contributed by atoms with Crippen molar-refractivity contribution in [3.63, 3.8) is 0 Å². The Balaban J connectivity index is 2.04. The highest BCUT2D eigenvalue weighted by Gasteiger charge is 2.03. The second kappa shape index (κ2) is 5.77. The summed E-state index contributed by atoms with van der Waals surface area (Å²) in [6.07, 6.45) is 4.44. The Morgan fingerprint density at radius 3 is 3.00 bits per heavy atom. The molecule has 2 N–H and O–H groups in total. The second-order valence-corrected chi connectivity index (χ2v) is 4.00. The number of hydrogen-bond donors (Lipinski definition) is 2. The molecule has 0 aliphatic heterocycles. The summed E-state index contributed by atoms with van der Waals surface area (Å²) in [5.41, 5.74) is 4.34. The molecule has 0 spiro atoms. The van der Waals surface area contributed by atoms with Crippen LogP contribution in [0, 0.1) is 6.92 Å². The van der Waals surface area contributed by atoms with Crippen molar-refractivity contribution < 1.29 is 9.90 Å². The molecule has 2 rings (SSSR count). The maximum absolute atomic E-state index is 11.7. The van der Waals surface area contributed by atoms with Crippen molar-refractivity contribution in [2.24, 2.45) is 5.10 Å². The lowest BCUT2D eigenvalue weighted by Gasteiger charge is -2.01. The number of aromatic nitrogens is 1. The zero-order valence-corrected chi connectivity index (χ0v) is 10.4. The average molecular weight is 255 g/mol. The zero-order valence-electron chi connectivity index (χ0n) is 10.4. The number of rotatable bonds is 3. The third kappa shape index (κ3) is 3.38. The lowest BCUT2D eigenvalue weighted by Crippen LogP contribution is -2.17. The van der Waals surface area contributed by atoms with Gasteiger partial charge >= 0.3 is 0 Å². The minimum absolute atomic E-state index is 0.116. The van der Waals surface area contributed by atoms with Crippen molar-refractivity contribution in [1.82, 2.24) is 10.4 Å². The first-order valence-corrected chi connectivity index (χ1v) is 5.70. The number of phenolic OH excluding ortho intramolecular Hbond substituents is 1. The molecule has 2 aromatic rings. The monoisotopic (exact) mass is 255 g/mol. The van der Waals surface area contributed by atoms with Crippen LogP contribution in [0.15, 0.2) is 47.8 Å². The zero-order chi connectivity index (χ0) is 13.7.